The Kier molecular flexibility index (Phi) is 3.65. The summed E-state index contributed by atoms with van der Waals surface area (Å²) in [5.74, 6) is 0.164. The molecule has 0 fully saturated rings. The molecule has 1 aliphatic rings. The van der Waals surface area contributed by atoms with Crippen LogP contribution in [-0.4, -0.2) is 22.7 Å². The average Bonchev–Trinajstić information content (AvgIpc) is 2.90. The van der Waals surface area contributed by atoms with Gasteiger partial charge in [-0.25, -0.2) is 18.4 Å². The molecule has 2 N–H and O–H groups in total. The summed E-state index contributed by atoms with van der Waals surface area (Å²) in [7, 11) is -3.56. The first-order valence-electron chi connectivity index (χ1n) is 7.39. The van der Waals surface area contributed by atoms with Gasteiger partial charge in [0.1, 0.15) is 0 Å². The summed E-state index contributed by atoms with van der Waals surface area (Å²) in [6, 6.07) is 7.07. The molecule has 0 unspecified atom stereocenters. The minimum atomic E-state index is -3.56. The summed E-state index contributed by atoms with van der Waals surface area (Å²) in [4.78, 5) is 8.33. The first-order chi connectivity index (χ1) is 10.7. The van der Waals surface area contributed by atoms with Crippen molar-refractivity contribution < 1.29 is 8.42 Å². The molecular weight excluding hydrogens is 312 g/mol. The second-order valence-electron chi connectivity index (χ2n) is 6.75. The van der Waals surface area contributed by atoms with Crippen molar-refractivity contribution in [1.82, 2.24) is 14.3 Å². The molecule has 0 spiro atoms. The number of nitrogens with zero attached hydrogens (tertiary/aromatic N) is 3. The molecule has 122 valence electrons. The van der Waals surface area contributed by atoms with Gasteiger partial charge in [-0.05, 0) is 23.1 Å². The number of fused-ring (bicyclic) bond motifs is 1. The smallest absolute Gasteiger partial charge is 0.243 e. The van der Waals surface area contributed by atoms with Crippen LogP contribution in [0.25, 0.3) is 0 Å². The summed E-state index contributed by atoms with van der Waals surface area (Å²) >= 11 is 0. The second kappa shape index (κ2) is 5.28. The lowest BCUT2D eigenvalue weighted by Crippen LogP contribution is -2.26. The zero-order valence-corrected chi connectivity index (χ0v) is 14.3. The fraction of sp³-hybridized carbons (Fsp3) is 0.375. The third kappa shape index (κ3) is 2.94. The number of anilines is 1. The van der Waals surface area contributed by atoms with Gasteiger partial charge >= 0.3 is 0 Å². The van der Waals surface area contributed by atoms with E-state index in [2.05, 4.69) is 30.7 Å². The minimum absolute atomic E-state index is 0.0146. The van der Waals surface area contributed by atoms with Crippen LogP contribution in [0.4, 0.5) is 5.95 Å². The van der Waals surface area contributed by atoms with Crippen molar-refractivity contribution in [1.29, 1.82) is 0 Å². The number of nitrogens with two attached hydrogens (primary N) is 1. The third-order valence-electron chi connectivity index (χ3n) is 4.00. The molecule has 0 radical (unpaired) electrons. The molecule has 1 aromatic carbocycles. The van der Waals surface area contributed by atoms with E-state index in [1.54, 1.807) is 18.3 Å². The van der Waals surface area contributed by atoms with Crippen LogP contribution in [0.3, 0.4) is 0 Å². The van der Waals surface area contributed by atoms with Gasteiger partial charge in [0.2, 0.25) is 16.0 Å². The number of sulfonamides is 1. The van der Waals surface area contributed by atoms with Gasteiger partial charge in [-0.2, -0.15) is 4.31 Å². The van der Waals surface area contributed by atoms with E-state index in [4.69, 9.17) is 5.73 Å². The van der Waals surface area contributed by atoms with Gasteiger partial charge in [-0.3, -0.25) is 0 Å². The zero-order chi connectivity index (χ0) is 16.8. The summed E-state index contributed by atoms with van der Waals surface area (Å²) in [5, 5.41) is 0. The van der Waals surface area contributed by atoms with E-state index in [0.717, 1.165) is 11.1 Å². The van der Waals surface area contributed by atoms with E-state index >= 15 is 0 Å². The Morgan fingerprint density at radius 3 is 2.39 bits per heavy atom. The molecular formula is C16H20N4O2S. The van der Waals surface area contributed by atoms with Crippen molar-refractivity contribution in [3.63, 3.8) is 0 Å². The van der Waals surface area contributed by atoms with Gasteiger partial charge in [0.25, 0.3) is 0 Å². The Morgan fingerprint density at radius 2 is 1.78 bits per heavy atom. The molecule has 0 bridgehead atoms. The molecule has 1 aliphatic heterocycles. The van der Waals surface area contributed by atoms with E-state index in [-0.39, 0.29) is 24.5 Å². The van der Waals surface area contributed by atoms with Gasteiger partial charge in [0.15, 0.2) is 0 Å². The Balaban J connectivity index is 1.89. The molecule has 2 heterocycles. The summed E-state index contributed by atoms with van der Waals surface area (Å²) in [6.45, 7) is 6.79. The van der Waals surface area contributed by atoms with Gasteiger partial charge < -0.3 is 5.73 Å². The molecule has 2 aromatic rings. The van der Waals surface area contributed by atoms with Gasteiger partial charge in [0, 0.05) is 18.3 Å². The third-order valence-corrected chi connectivity index (χ3v) is 5.81. The first kappa shape index (κ1) is 15.9. The van der Waals surface area contributed by atoms with Crippen molar-refractivity contribution in [2.24, 2.45) is 0 Å². The highest BCUT2D eigenvalue weighted by Crippen LogP contribution is 2.29. The van der Waals surface area contributed by atoms with E-state index in [9.17, 15) is 8.42 Å². The van der Waals surface area contributed by atoms with E-state index < -0.39 is 10.0 Å². The highest BCUT2D eigenvalue weighted by molar-refractivity contribution is 7.89. The fourth-order valence-corrected chi connectivity index (χ4v) is 3.96. The van der Waals surface area contributed by atoms with Crippen LogP contribution in [0, 0.1) is 0 Å². The van der Waals surface area contributed by atoms with E-state index in [1.165, 1.54) is 4.31 Å². The van der Waals surface area contributed by atoms with Crippen LogP contribution in [0.5, 0.6) is 0 Å². The number of rotatable bonds is 2. The first-order valence-corrected chi connectivity index (χ1v) is 8.83. The molecule has 1 aromatic heterocycles. The number of nitrogen functional groups attached to an aromatic ring is 1. The minimum Gasteiger partial charge on any atom is -0.368 e. The van der Waals surface area contributed by atoms with Crippen LogP contribution >= 0.6 is 0 Å². The van der Waals surface area contributed by atoms with Gasteiger partial charge in [0.05, 0.1) is 17.1 Å². The maximum atomic E-state index is 12.8. The molecule has 0 saturated heterocycles. The normalized spacial score (nSPS) is 15.6. The molecule has 6 nitrogen and oxygen atoms in total. The number of hydrogen-bond acceptors (Lipinski definition) is 5. The number of hydrogen-bond donors (Lipinski definition) is 1. The SMILES string of the molecule is CC(C)(C)c1ccc(S(=O)(=O)N2Cc3cnc(N)nc3C2)cc1. The molecule has 0 aliphatic carbocycles. The van der Waals surface area contributed by atoms with Crippen LogP contribution < -0.4 is 5.73 Å². The quantitative estimate of drug-likeness (QED) is 0.909. The molecule has 7 heteroatoms. The molecule has 0 atom stereocenters. The molecule has 23 heavy (non-hydrogen) atoms. The van der Waals surface area contributed by atoms with Crippen LogP contribution in [0.2, 0.25) is 0 Å². The van der Waals surface area contributed by atoms with Crippen molar-refractivity contribution in [3.8, 4) is 0 Å². The molecule has 3 rings (SSSR count). The Morgan fingerprint density at radius 1 is 1.13 bits per heavy atom. The highest BCUT2D eigenvalue weighted by atomic mass is 32.2. The number of aromatic nitrogens is 2. The Labute approximate surface area is 136 Å². The summed E-state index contributed by atoms with van der Waals surface area (Å²) < 4.78 is 27.0. The lowest BCUT2D eigenvalue weighted by atomic mass is 9.87. The zero-order valence-electron chi connectivity index (χ0n) is 13.4. The number of benzene rings is 1. The van der Waals surface area contributed by atoms with Crippen LogP contribution in [0.15, 0.2) is 35.4 Å². The standard InChI is InChI=1S/C16H20N4O2S/c1-16(2,3)12-4-6-13(7-5-12)23(21,22)20-9-11-8-18-15(17)19-14(11)10-20/h4-8H,9-10H2,1-3H3,(H2,17,18,19). The highest BCUT2D eigenvalue weighted by Gasteiger charge is 2.32. The van der Waals surface area contributed by atoms with Gasteiger partial charge in [-0.15, -0.1) is 0 Å². The van der Waals surface area contributed by atoms with Crippen LogP contribution in [0.1, 0.15) is 37.6 Å². The van der Waals surface area contributed by atoms with Crippen molar-refractivity contribution in [3.05, 3.63) is 47.3 Å². The van der Waals surface area contributed by atoms with Crippen molar-refractivity contribution in [2.45, 2.75) is 44.2 Å². The molecule has 0 saturated carbocycles. The lowest BCUT2D eigenvalue weighted by molar-refractivity contribution is 0.429. The van der Waals surface area contributed by atoms with Crippen molar-refractivity contribution in [2.75, 3.05) is 5.73 Å². The van der Waals surface area contributed by atoms with Crippen molar-refractivity contribution >= 4 is 16.0 Å². The molecule has 0 amide bonds. The largest absolute Gasteiger partial charge is 0.368 e. The lowest BCUT2D eigenvalue weighted by Gasteiger charge is -2.20. The summed E-state index contributed by atoms with van der Waals surface area (Å²) in [6.07, 6.45) is 1.59. The monoisotopic (exact) mass is 332 g/mol. The Bertz CT molecular complexity index is 839. The maximum absolute atomic E-state index is 12.8. The fourth-order valence-electron chi connectivity index (χ4n) is 2.59. The van der Waals surface area contributed by atoms with E-state index in [0.29, 0.717) is 10.6 Å². The average molecular weight is 332 g/mol. The Hall–Kier alpha value is -1.99. The van der Waals surface area contributed by atoms with Gasteiger partial charge in [-0.1, -0.05) is 32.9 Å². The summed E-state index contributed by atoms with van der Waals surface area (Å²) in [5.41, 5.74) is 8.12. The second-order valence-corrected chi connectivity index (χ2v) is 8.69. The topological polar surface area (TPSA) is 89.2 Å². The predicted octanol–water partition coefficient (Wildman–Crippen LogP) is 2.06. The van der Waals surface area contributed by atoms with Crippen LogP contribution in [-0.2, 0) is 28.5 Å². The van der Waals surface area contributed by atoms with E-state index in [1.807, 2.05) is 12.1 Å². The predicted molar refractivity (Wildman–Crippen MR) is 88.0 cm³/mol. The maximum Gasteiger partial charge on any atom is 0.243 e.